The highest BCUT2D eigenvalue weighted by Gasteiger charge is 2.29. The first-order valence-electron chi connectivity index (χ1n) is 10.2. The lowest BCUT2D eigenvalue weighted by atomic mass is 10.0. The topological polar surface area (TPSA) is 50.8 Å². The monoisotopic (exact) mass is 380 g/mol. The Hall–Kier alpha value is -2.53. The van der Waals surface area contributed by atoms with Crippen molar-refractivity contribution in [1.82, 2.24) is 4.90 Å². The molecule has 2 aromatic carbocycles. The van der Waals surface area contributed by atoms with Gasteiger partial charge in [0.25, 0.3) is 0 Å². The Morgan fingerprint density at radius 2 is 2.00 bits per heavy atom. The fourth-order valence-electron chi connectivity index (χ4n) is 4.23. The number of rotatable bonds is 5. The van der Waals surface area contributed by atoms with Crippen LogP contribution in [0.5, 0.6) is 11.5 Å². The minimum absolute atomic E-state index is 0.0495. The molecule has 2 aliphatic rings. The first-order chi connectivity index (χ1) is 13.7. The Morgan fingerprint density at radius 3 is 2.82 bits per heavy atom. The molecule has 148 valence electrons. The zero-order valence-electron chi connectivity index (χ0n) is 16.7. The van der Waals surface area contributed by atoms with Crippen molar-refractivity contribution >= 4 is 11.6 Å². The van der Waals surface area contributed by atoms with Gasteiger partial charge < -0.3 is 14.8 Å². The lowest BCUT2D eigenvalue weighted by Crippen LogP contribution is -2.33. The van der Waals surface area contributed by atoms with Crippen LogP contribution in [-0.2, 0) is 11.2 Å². The normalized spacial score (nSPS) is 18.9. The second kappa shape index (κ2) is 8.23. The summed E-state index contributed by atoms with van der Waals surface area (Å²) in [7, 11) is 0. The molecule has 1 fully saturated rings. The number of amides is 1. The first-order valence-corrected chi connectivity index (χ1v) is 10.2. The van der Waals surface area contributed by atoms with Crippen LogP contribution in [0.4, 0.5) is 5.69 Å². The molecule has 0 radical (unpaired) electrons. The van der Waals surface area contributed by atoms with E-state index in [9.17, 15) is 4.79 Å². The number of carbonyl (C=O) groups excluding carboxylic acids is 1. The molecule has 2 aliphatic heterocycles. The summed E-state index contributed by atoms with van der Waals surface area (Å²) in [4.78, 5) is 15.1. The molecule has 0 aromatic heterocycles. The number of likely N-dealkylation sites (tertiary alicyclic amines) is 1. The number of nitrogens with one attached hydrogen (secondary N) is 1. The number of fused-ring (bicyclic) bond motifs is 1. The standard InChI is InChI=1S/C23H28N2O3/c1-3-17-7-4-6-16(2)23(17)24-22(26)15-25-11-5-8-19(25)18-9-10-20-21(14-18)28-13-12-27-20/h4,6-7,9-10,14,19H,3,5,8,11-13,15H2,1-2H3,(H,24,26)/t19-/m0/s1. The second-order valence-electron chi connectivity index (χ2n) is 7.54. The summed E-state index contributed by atoms with van der Waals surface area (Å²) in [5, 5.41) is 3.15. The Bertz CT molecular complexity index is 865. The van der Waals surface area contributed by atoms with Crippen molar-refractivity contribution in [3.05, 3.63) is 53.1 Å². The summed E-state index contributed by atoms with van der Waals surface area (Å²) in [5.74, 6) is 1.67. The van der Waals surface area contributed by atoms with Crippen molar-refractivity contribution < 1.29 is 14.3 Å². The predicted octanol–water partition coefficient (Wildman–Crippen LogP) is 4.10. The van der Waals surface area contributed by atoms with E-state index in [-0.39, 0.29) is 11.9 Å². The van der Waals surface area contributed by atoms with Gasteiger partial charge >= 0.3 is 0 Å². The SMILES string of the molecule is CCc1cccc(C)c1NC(=O)CN1CCC[C@H]1c1ccc2c(c1)OCCO2. The van der Waals surface area contributed by atoms with E-state index in [1.165, 1.54) is 11.1 Å². The minimum Gasteiger partial charge on any atom is -0.486 e. The second-order valence-corrected chi connectivity index (χ2v) is 7.54. The van der Waals surface area contributed by atoms with Gasteiger partial charge in [-0.25, -0.2) is 0 Å². The number of carbonyl (C=O) groups is 1. The number of benzene rings is 2. The molecule has 4 rings (SSSR count). The number of para-hydroxylation sites is 1. The zero-order chi connectivity index (χ0) is 19.5. The summed E-state index contributed by atoms with van der Waals surface area (Å²) in [6.45, 7) is 6.67. The van der Waals surface area contributed by atoms with Gasteiger partial charge in [0.1, 0.15) is 13.2 Å². The van der Waals surface area contributed by atoms with Crippen molar-refractivity contribution in [2.75, 3.05) is 31.6 Å². The predicted molar refractivity (Wildman–Crippen MR) is 110 cm³/mol. The summed E-state index contributed by atoms with van der Waals surface area (Å²) in [5.41, 5.74) is 4.44. The molecule has 1 atom stereocenters. The zero-order valence-corrected chi connectivity index (χ0v) is 16.7. The molecule has 2 heterocycles. The molecule has 0 bridgehead atoms. The average Bonchev–Trinajstić information content (AvgIpc) is 3.17. The van der Waals surface area contributed by atoms with Crippen molar-refractivity contribution in [3.63, 3.8) is 0 Å². The molecule has 0 saturated carbocycles. The maximum atomic E-state index is 12.8. The molecule has 5 heteroatoms. The van der Waals surface area contributed by atoms with Gasteiger partial charge in [0, 0.05) is 11.7 Å². The van der Waals surface area contributed by atoms with Crippen LogP contribution < -0.4 is 14.8 Å². The van der Waals surface area contributed by atoms with Crippen LogP contribution in [0.1, 0.15) is 42.5 Å². The van der Waals surface area contributed by atoms with Gasteiger partial charge in [-0.15, -0.1) is 0 Å². The Kier molecular flexibility index (Phi) is 5.53. The van der Waals surface area contributed by atoms with Crippen molar-refractivity contribution in [2.24, 2.45) is 0 Å². The van der Waals surface area contributed by atoms with E-state index in [1.807, 2.05) is 25.1 Å². The third-order valence-electron chi connectivity index (χ3n) is 5.67. The van der Waals surface area contributed by atoms with Gasteiger partial charge in [0.2, 0.25) is 5.91 Å². The maximum absolute atomic E-state index is 12.8. The van der Waals surface area contributed by atoms with E-state index in [4.69, 9.17) is 9.47 Å². The fourth-order valence-corrected chi connectivity index (χ4v) is 4.23. The first kappa shape index (κ1) is 18.8. The molecular formula is C23H28N2O3. The van der Waals surface area contributed by atoms with E-state index >= 15 is 0 Å². The molecule has 0 aliphatic carbocycles. The number of hydrogen-bond acceptors (Lipinski definition) is 4. The molecule has 2 aromatic rings. The third-order valence-corrected chi connectivity index (χ3v) is 5.67. The van der Waals surface area contributed by atoms with Gasteiger partial charge in [-0.2, -0.15) is 0 Å². The van der Waals surface area contributed by atoms with Gasteiger partial charge in [0.05, 0.1) is 6.54 Å². The van der Waals surface area contributed by atoms with Crippen LogP contribution in [0.15, 0.2) is 36.4 Å². The largest absolute Gasteiger partial charge is 0.486 e. The smallest absolute Gasteiger partial charge is 0.238 e. The van der Waals surface area contributed by atoms with Crippen molar-refractivity contribution in [3.8, 4) is 11.5 Å². The van der Waals surface area contributed by atoms with Gasteiger partial charge in [-0.05, 0) is 61.6 Å². The lowest BCUT2D eigenvalue weighted by molar-refractivity contribution is -0.117. The van der Waals surface area contributed by atoms with Crippen molar-refractivity contribution in [2.45, 2.75) is 39.2 Å². The quantitative estimate of drug-likeness (QED) is 0.848. The molecule has 1 saturated heterocycles. The Labute approximate surface area is 166 Å². The van der Waals surface area contributed by atoms with E-state index in [1.54, 1.807) is 0 Å². The van der Waals surface area contributed by atoms with E-state index in [0.29, 0.717) is 19.8 Å². The number of ether oxygens (including phenoxy) is 2. The van der Waals surface area contributed by atoms with Crippen LogP contribution in [-0.4, -0.2) is 37.1 Å². The number of nitrogens with zero attached hydrogens (tertiary/aromatic N) is 1. The maximum Gasteiger partial charge on any atom is 0.238 e. The average molecular weight is 380 g/mol. The Morgan fingerprint density at radius 1 is 1.18 bits per heavy atom. The highest BCUT2D eigenvalue weighted by molar-refractivity contribution is 5.93. The van der Waals surface area contributed by atoms with Crippen molar-refractivity contribution in [1.29, 1.82) is 0 Å². The molecule has 28 heavy (non-hydrogen) atoms. The summed E-state index contributed by atoms with van der Waals surface area (Å²) in [6.07, 6.45) is 3.05. The third kappa shape index (κ3) is 3.85. The van der Waals surface area contributed by atoms with Crippen LogP contribution >= 0.6 is 0 Å². The summed E-state index contributed by atoms with van der Waals surface area (Å²) < 4.78 is 11.4. The minimum atomic E-state index is 0.0495. The Balaban J connectivity index is 1.46. The van der Waals surface area contributed by atoms with E-state index in [0.717, 1.165) is 48.6 Å². The molecule has 5 nitrogen and oxygen atoms in total. The van der Waals surface area contributed by atoms with Gasteiger partial charge in [0.15, 0.2) is 11.5 Å². The van der Waals surface area contributed by atoms with Gasteiger partial charge in [-0.3, -0.25) is 9.69 Å². The lowest BCUT2D eigenvalue weighted by Gasteiger charge is -2.26. The summed E-state index contributed by atoms with van der Waals surface area (Å²) in [6, 6.07) is 12.6. The summed E-state index contributed by atoms with van der Waals surface area (Å²) >= 11 is 0. The molecule has 1 N–H and O–H groups in total. The number of aryl methyl sites for hydroxylation is 2. The highest BCUT2D eigenvalue weighted by Crippen LogP contribution is 2.38. The van der Waals surface area contributed by atoms with E-state index < -0.39 is 0 Å². The van der Waals surface area contributed by atoms with Gasteiger partial charge in [-0.1, -0.05) is 31.2 Å². The highest BCUT2D eigenvalue weighted by atomic mass is 16.6. The van der Waals surface area contributed by atoms with Crippen LogP contribution in [0.25, 0.3) is 0 Å². The number of anilines is 1. The molecule has 0 unspecified atom stereocenters. The van der Waals surface area contributed by atoms with E-state index in [2.05, 4.69) is 35.3 Å². The molecule has 1 amide bonds. The van der Waals surface area contributed by atoms with Crippen LogP contribution in [0.2, 0.25) is 0 Å². The molecule has 0 spiro atoms. The number of hydrogen-bond donors (Lipinski definition) is 1. The van der Waals surface area contributed by atoms with Crippen LogP contribution in [0, 0.1) is 6.92 Å². The molecular weight excluding hydrogens is 352 g/mol. The van der Waals surface area contributed by atoms with Crippen LogP contribution in [0.3, 0.4) is 0 Å². The fraction of sp³-hybridized carbons (Fsp3) is 0.435.